The zero-order valence-electron chi connectivity index (χ0n) is 7.33. The molecular formula is H7LiO13P4. The fourth-order valence-corrected chi connectivity index (χ4v) is 4.40. The van der Waals surface area contributed by atoms with Crippen LogP contribution in [0.25, 0.3) is 0 Å². The first-order chi connectivity index (χ1) is 7.12. The van der Waals surface area contributed by atoms with Crippen LogP contribution in [0.15, 0.2) is 0 Å². The molecule has 0 aliphatic heterocycles. The van der Waals surface area contributed by atoms with E-state index in [1.807, 2.05) is 0 Å². The van der Waals surface area contributed by atoms with Crippen molar-refractivity contribution < 1.29 is 60.6 Å². The van der Waals surface area contributed by atoms with Gasteiger partial charge in [0, 0.05) is 0 Å². The second-order valence-electron chi connectivity index (χ2n) is 2.16. The summed E-state index contributed by atoms with van der Waals surface area (Å²) in [5.74, 6) is 0. The molecule has 0 saturated heterocycles. The van der Waals surface area contributed by atoms with Gasteiger partial charge in [0.1, 0.15) is 0 Å². The summed E-state index contributed by atoms with van der Waals surface area (Å²) >= 11 is 0. The van der Waals surface area contributed by atoms with E-state index in [1.165, 1.54) is 0 Å². The first-order valence-electron chi connectivity index (χ1n) is 3.03. The van der Waals surface area contributed by atoms with Crippen LogP contribution in [-0.4, -0.2) is 48.2 Å². The van der Waals surface area contributed by atoms with Crippen LogP contribution in [0.4, 0.5) is 0 Å². The van der Waals surface area contributed by atoms with Gasteiger partial charge in [-0.05, 0) is 0 Å². The van der Waals surface area contributed by atoms with Gasteiger partial charge in [-0.15, -0.1) is 0 Å². The minimum absolute atomic E-state index is 0. The molecular weight excluding hydrogens is 339 g/mol. The van der Waals surface area contributed by atoms with Crippen LogP contribution in [0.1, 0.15) is 0 Å². The van der Waals surface area contributed by atoms with Crippen LogP contribution in [0, 0.1) is 0 Å². The van der Waals surface area contributed by atoms with Crippen molar-refractivity contribution in [1.82, 2.24) is 0 Å². The zero-order chi connectivity index (χ0) is 14.1. The second-order valence-corrected chi connectivity index (χ2v) is 7.96. The van der Waals surface area contributed by atoms with E-state index in [4.69, 9.17) is 29.4 Å². The van der Waals surface area contributed by atoms with Crippen molar-refractivity contribution in [3.63, 3.8) is 0 Å². The predicted octanol–water partition coefficient (Wildman–Crippen LogP) is -1.23. The summed E-state index contributed by atoms with van der Waals surface area (Å²) in [6.45, 7) is 0. The Hall–Kier alpha value is 1.16. The average Bonchev–Trinajstić information content (AvgIpc) is 1.65. The van der Waals surface area contributed by atoms with Crippen LogP contribution in [0.3, 0.4) is 0 Å². The molecule has 0 aliphatic carbocycles. The number of hydrogen-bond donors (Lipinski definition) is 6. The van der Waals surface area contributed by atoms with Crippen molar-refractivity contribution >= 4 is 50.2 Å². The molecule has 0 bridgehead atoms. The summed E-state index contributed by atoms with van der Waals surface area (Å²) in [6, 6.07) is 0. The quantitative estimate of drug-likeness (QED) is 0.245. The van der Waals surface area contributed by atoms with E-state index in [1.54, 1.807) is 0 Å². The average molecular weight is 346 g/mol. The van der Waals surface area contributed by atoms with Crippen LogP contribution in [0.2, 0.25) is 0 Å². The zero-order valence-corrected chi connectivity index (χ0v) is 10.9. The molecule has 0 aliphatic rings. The van der Waals surface area contributed by atoms with E-state index in [2.05, 4.69) is 12.9 Å². The summed E-state index contributed by atoms with van der Waals surface area (Å²) < 4.78 is 50.9. The Labute approximate surface area is 111 Å². The van der Waals surface area contributed by atoms with Crippen molar-refractivity contribution in [1.29, 1.82) is 0 Å². The molecule has 6 N–H and O–H groups in total. The summed E-state index contributed by atoms with van der Waals surface area (Å²) in [5, 5.41) is 0. The SMILES string of the molecule is O=P(O)(O)OP(=O)(O)OP(=O)(O)OP(=O)(O)O.[LiH]. The first kappa shape index (κ1) is 21.5. The number of phosphoric acid groups is 4. The fraction of sp³-hybridized carbons (Fsp3) is 0. The van der Waals surface area contributed by atoms with Gasteiger partial charge in [0.05, 0.1) is 0 Å². The third kappa shape index (κ3) is 12.2. The molecule has 0 heterocycles. The van der Waals surface area contributed by atoms with E-state index in [0.29, 0.717) is 0 Å². The number of hydrogen-bond acceptors (Lipinski definition) is 7. The molecule has 0 rings (SSSR count). The van der Waals surface area contributed by atoms with E-state index in [-0.39, 0.29) is 18.9 Å². The van der Waals surface area contributed by atoms with Crippen molar-refractivity contribution in [3.8, 4) is 0 Å². The van der Waals surface area contributed by atoms with Gasteiger partial charge in [0.2, 0.25) is 0 Å². The second kappa shape index (κ2) is 6.74. The third-order valence-corrected chi connectivity index (χ3v) is 5.63. The topological polar surface area (TPSA) is 217 Å². The number of rotatable bonds is 6. The molecule has 0 fully saturated rings. The fourth-order valence-electron chi connectivity index (χ4n) is 0.429. The Kier molecular flexibility index (Phi) is 8.04. The summed E-state index contributed by atoms with van der Waals surface area (Å²) in [4.78, 5) is 49.4. The summed E-state index contributed by atoms with van der Waals surface area (Å²) in [6.07, 6.45) is 0. The Balaban J connectivity index is 0. The molecule has 0 aromatic rings. The Morgan fingerprint density at radius 3 is 0.944 bits per heavy atom. The van der Waals surface area contributed by atoms with Gasteiger partial charge in [-0.1, -0.05) is 0 Å². The van der Waals surface area contributed by atoms with Crippen molar-refractivity contribution in [3.05, 3.63) is 0 Å². The molecule has 13 nitrogen and oxygen atoms in total. The van der Waals surface area contributed by atoms with Crippen molar-refractivity contribution in [2.24, 2.45) is 0 Å². The molecule has 0 saturated carbocycles. The predicted molar refractivity (Wildman–Crippen MR) is 54.1 cm³/mol. The first-order valence-corrected chi connectivity index (χ1v) is 9.08. The van der Waals surface area contributed by atoms with E-state index < -0.39 is 31.3 Å². The van der Waals surface area contributed by atoms with Gasteiger partial charge < -0.3 is 29.4 Å². The van der Waals surface area contributed by atoms with Gasteiger partial charge in [-0.25, -0.2) is 18.3 Å². The van der Waals surface area contributed by atoms with Crippen molar-refractivity contribution in [2.75, 3.05) is 0 Å². The molecule has 18 heavy (non-hydrogen) atoms. The van der Waals surface area contributed by atoms with E-state index in [0.717, 1.165) is 0 Å². The molecule has 0 radical (unpaired) electrons. The Morgan fingerprint density at radius 1 is 0.556 bits per heavy atom. The third-order valence-electron chi connectivity index (χ3n) is 0.625. The van der Waals surface area contributed by atoms with Crippen LogP contribution >= 0.6 is 31.3 Å². The van der Waals surface area contributed by atoms with E-state index >= 15 is 0 Å². The van der Waals surface area contributed by atoms with Gasteiger partial charge in [0.25, 0.3) is 0 Å². The van der Waals surface area contributed by atoms with Gasteiger partial charge >= 0.3 is 50.2 Å². The molecule has 2 atom stereocenters. The van der Waals surface area contributed by atoms with Gasteiger partial charge in [-0.2, -0.15) is 12.9 Å². The van der Waals surface area contributed by atoms with Crippen molar-refractivity contribution in [2.45, 2.75) is 0 Å². The van der Waals surface area contributed by atoms with Crippen LogP contribution in [-0.2, 0) is 31.2 Å². The minimum atomic E-state index is -5.77. The molecule has 0 spiro atoms. The monoisotopic (exact) mass is 346 g/mol. The molecule has 0 amide bonds. The summed E-state index contributed by atoms with van der Waals surface area (Å²) in [7, 11) is -22.6. The molecule has 2 unspecified atom stereocenters. The Morgan fingerprint density at radius 2 is 0.778 bits per heavy atom. The Bertz CT molecular complexity index is 408. The maximum atomic E-state index is 10.7. The standard InChI is InChI=1S/Li.H6O13P4.H/c;1-14(2,3)11-16(7,8)13-17(9,10)12-15(4,5)6;/h;(H,7,8)(H,9,10)(H2,1,2,3)(H2,4,5,6);. The molecule has 0 aromatic carbocycles. The van der Waals surface area contributed by atoms with Gasteiger partial charge in [0.15, 0.2) is 0 Å². The van der Waals surface area contributed by atoms with Crippen LogP contribution < -0.4 is 0 Å². The summed E-state index contributed by atoms with van der Waals surface area (Å²) in [5.41, 5.74) is 0. The maximum absolute atomic E-state index is 10.7. The molecule has 106 valence electrons. The van der Waals surface area contributed by atoms with E-state index in [9.17, 15) is 18.3 Å². The van der Waals surface area contributed by atoms with Gasteiger partial charge in [-0.3, -0.25) is 0 Å². The van der Waals surface area contributed by atoms with Crippen LogP contribution in [0.5, 0.6) is 0 Å². The molecule has 0 aromatic heterocycles. The normalized spacial score (nSPS) is 19.4. The molecule has 18 heteroatoms.